The van der Waals surface area contributed by atoms with Crippen molar-refractivity contribution in [2.75, 3.05) is 13.2 Å². The van der Waals surface area contributed by atoms with Gasteiger partial charge in [-0.25, -0.2) is 0 Å². The monoisotopic (exact) mass is 249 g/mol. The molecular formula is C16H27NO. The Labute approximate surface area is 112 Å². The van der Waals surface area contributed by atoms with Crippen LogP contribution < -0.4 is 10.1 Å². The lowest BCUT2D eigenvalue weighted by Gasteiger charge is -2.16. The zero-order valence-electron chi connectivity index (χ0n) is 12.2. The van der Waals surface area contributed by atoms with Crippen LogP contribution in [0.25, 0.3) is 0 Å². The summed E-state index contributed by atoms with van der Waals surface area (Å²) in [5.41, 5.74) is 1.29. The fraction of sp³-hybridized carbons (Fsp3) is 0.625. The zero-order chi connectivity index (χ0) is 13.4. The molecule has 0 aliphatic carbocycles. The average Bonchev–Trinajstić information content (AvgIpc) is 2.35. The molecule has 0 fully saturated rings. The number of ether oxygens (including phenoxy) is 1. The summed E-state index contributed by atoms with van der Waals surface area (Å²) < 4.78 is 5.86. The van der Waals surface area contributed by atoms with Crippen molar-refractivity contribution in [3.05, 3.63) is 29.8 Å². The maximum atomic E-state index is 5.86. The van der Waals surface area contributed by atoms with Gasteiger partial charge in [-0.05, 0) is 30.9 Å². The molecule has 0 aromatic heterocycles. The van der Waals surface area contributed by atoms with Crippen molar-refractivity contribution in [1.29, 1.82) is 0 Å². The molecule has 2 nitrogen and oxygen atoms in total. The Morgan fingerprint density at radius 1 is 1.17 bits per heavy atom. The molecule has 0 radical (unpaired) electrons. The van der Waals surface area contributed by atoms with E-state index in [4.69, 9.17) is 4.74 Å². The molecule has 1 unspecified atom stereocenters. The molecule has 0 saturated carbocycles. The standard InChI is InChI=1S/C16H27NO/c1-5-8-14(4)17-11-12-18-16-10-7-6-9-15(16)13(2)3/h6-7,9-10,13-14,17H,5,8,11-12H2,1-4H3. The van der Waals surface area contributed by atoms with Crippen LogP contribution in [-0.4, -0.2) is 19.2 Å². The first kappa shape index (κ1) is 15.0. The molecule has 0 aliphatic rings. The van der Waals surface area contributed by atoms with Crippen molar-refractivity contribution < 1.29 is 4.74 Å². The highest BCUT2D eigenvalue weighted by atomic mass is 16.5. The van der Waals surface area contributed by atoms with Gasteiger partial charge in [0, 0.05) is 12.6 Å². The maximum absolute atomic E-state index is 5.86. The second-order valence-corrected chi connectivity index (χ2v) is 5.18. The molecule has 0 spiro atoms. The first-order valence-corrected chi connectivity index (χ1v) is 7.10. The van der Waals surface area contributed by atoms with E-state index in [2.05, 4.69) is 51.2 Å². The third-order valence-electron chi connectivity index (χ3n) is 3.12. The fourth-order valence-electron chi connectivity index (χ4n) is 2.09. The van der Waals surface area contributed by atoms with Gasteiger partial charge in [-0.1, -0.05) is 45.4 Å². The van der Waals surface area contributed by atoms with Crippen LogP contribution in [0.4, 0.5) is 0 Å². The van der Waals surface area contributed by atoms with Gasteiger partial charge in [-0.15, -0.1) is 0 Å². The molecule has 1 N–H and O–H groups in total. The maximum Gasteiger partial charge on any atom is 0.122 e. The van der Waals surface area contributed by atoms with E-state index in [0.717, 1.165) is 18.9 Å². The molecule has 0 aliphatic heterocycles. The van der Waals surface area contributed by atoms with Gasteiger partial charge in [0.05, 0.1) is 0 Å². The second kappa shape index (κ2) is 8.15. The van der Waals surface area contributed by atoms with Gasteiger partial charge in [0.2, 0.25) is 0 Å². The van der Waals surface area contributed by atoms with Crippen molar-refractivity contribution in [2.45, 2.75) is 52.5 Å². The average molecular weight is 249 g/mol. The highest BCUT2D eigenvalue weighted by Gasteiger charge is 2.06. The van der Waals surface area contributed by atoms with Gasteiger partial charge >= 0.3 is 0 Å². The van der Waals surface area contributed by atoms with Crippen LogP contribution >= 0.6 is 0 Å². The Morgan fingerprint density at radius 2 is 1.89 bits per heavy atom. The van der Waals surface area contributed by atoms with E-state index in [0.29, 0.717) is 12.0 Å². The number of hydrogen-bond acceptors (Lipinski definition) is 2. The van der Waals surface area contributed by atoms with Gasteiger partial charge in [-0.3, -0.25) is 0 Å². The molecule has 0 saturated heterocycles. The van der Waals surface area contributed by atoms with E-state index in [9.17, 15) is 0 Å². The first-order valence-electron chi connectivity index (χ1n) is 7.10. The molecular weight excluding hydrogens is 222 g/mol. The number of nitrogens with one attached hydrogen (secondary N) is 1. The Hall–Kier alpha value is -1.02. The topological polar surface area (TPSA) is 21.3 Å². The minimum Gasteiger partial charge on any atom is -0.492 e. The second-order valence-electron chi connectivity index (χ2n) is 5.18. The predicted molar refractivity (Wildman–Crippen MR) is 78.4 cm³/mol. The summed E-state index contributed by atoms with van der Waals surface area (Å²) in [6, 6.07) is 8.90. The van der Waals surface area contributed by atoms with Gasteiger partial charge < -0.3 is 10.1 Å². The smallest absolute Gasteiger partial charge is 0.122 e. The van der Waals surface area contributed by atoms with E-state index in [1.807, 2.05) is 6.07 Å². The fourth-order valence-corrected chi connectivity index (χ4v) is 2.09. The SMILES string of the molecule is CCCC(C)NCCOc1ccccc1C(C)C. The van der Waals surface area contributed by atoms with Crippen molar-refractivity contribution >= 4 is 0 Å². The van der Waals surface area contributed by atoms with Crippen LogP contribution in [0.2, 0.25) is 0 Å². The van der Waals surface area contributed by atoms with Crippen LogP contribution in [0.1, 0.15) is 52.0 Å². The van der Waals surface area contributed by atoms with Crippen LogP contribution in [0.3, 0.4) is 0 Å². The summed E-state index contributed by atoms with van der Waals surface area (Å²) in [7, 11) is 0. The summed E-state index contributed by atoms with van der Waals surface area (Å²) in [6.07, 6.45) is 2.45. The molecule has 18 heavy (non-hydrogen) atoms. The van der Waals surface area contributed by atoms with Gasteiger partial charge in [0.1, 0.15) is 12.4 Å². The number of benzene rings is 1. The van der Waals surface area contributed by atoms with Gasteiger partial charge in [0.15, 0.2) is 0 Å². The number of para-hydroxylation sites is 1. The Kier molecular flexibility index (Phi) is 6.81. The van der Waals surface area contributed by atoms with Gasteiger partial charge in [-0.2, -0.15) is 0 Å². The molecule has 2 heteroatoms. The predicted octanol–water partition coefficient (Wildman–Crippen LogP) is 3.97. The molecule has 1 aromatic rings. The molecule has 0 amide bonds. The minimum atomic E-state index is 0.508. The third kappa shape index (κ3) is 5.09. The normalized spacial score (nSPS) is 12.7. The van der Waals surface area contributed by atoms with Crippen LogP contribution in [0, 0.1) is 0 Å². The summed E-state index contributed by atoms with van der Waals surface area (Å²) in [4.78, 5) is 0. The first-order chi connectivity index (χ1) is 8.65. The largest absolute Gasteiger partial charge is 0.492 e. The lowest BCUT2D eigenvalue weighted by molar-refractivity contribution is 0.301. The van der Waals surface area contributed by atoms with E-state index in [1.165, 1.54) is 18.4 Å². The Balaban J connectivity index is 2.35. The molecule has 0 bridgehead atoms. The van der Waals surface area contributed by atoms with E-state index >= 15 is 0 Å². The molecule has 0 heterocycles. The lowest BCUT2D eigenvalue weighted by atomic mass is 10.0. The van der Waals surface area contributed by atoms with E-state index in [-0.39, 0.29) is 0 Å². The quantitative estimate of drug-likeness (QED) is 0.704. The minimum absolute atomic E-state index is 0.508. The van der Waals surface area contributed by atoms with Gasteiger partial charge in [0.25, 0.3) is 0 Å². The van der Waals surface area contributed by atoms with Crippen molar-refractivity contribution in [3.63, 3.8) is 0 Å². The van der Waals surface area contributed by atoms with Crippen molar-refractivity contribution in [1.82, 2.24) is 5.32 Å². The van der Waals surface area contributed by atoms with Crippen LogP contribution in [-0.2, 0) is 0 Å². The van der Waals surface area contributed by atoms with E-state index in [1.54, 1.807) is 0 Å². The Morgan fingerprint density at radius 3 is 2.56 bits per heavy atom. The third-order valence-corrected chi connectivity index (χ3v) is 3.12. The summed E-state index contributed by atoms with van der Waals surface area (Å²) in [5.74, 6) is 1.53. The van der Waals surface area contributed by atoms with Crippen LogP contribution in [0.5, 0.6) is 5.75 Å². The summed E-state index contributed by atoms with van der Waals surface area (Å²) >= 11 is 0. The highest BCUT2D eigenvalue weighted by molar-refractivity contribution is 5.35. The number of hydrogen-bond donors (Lipinski definition) is 1. The summed E-state index contributed by atoms with van der Waals surface area (Å²) in [6.45, 7) is 10.5. The van der Waals surface area contributed by atoms with E-state index < -0.39 is 0 Å². The highest BCUT2D eigenvalue weighted by Crippen LogP contribution is 2.25. The zero-order valence-corrected chi connectivity index (χ0v) is 12.2. The molecule has 102 valence electrons. The summed E-state index contributed by atoms with van der Waals surface area (Å²) in [5, 5.41) is 3.48. The lowest BCUT2D eigenvalue weighted by Crippen LogP contribution is -2.30. The van der Waals surface area contributed by atoms with Crippen molar-refractivity contribution in [3.8, 4) is 5.75 Å². The Bertz CT molecular complexity index is 336. The van der Waals surface area contributed by atoms with Crippen molar-refractivity contribution in [2.24, 2.45) is 0 Å². The molecule has 1 rings (SSSR count). The van der Waals surface area contributed by atoms with Crippen LogP contribution in [0.15, 0.2) is 24.3 Å². The molecule has 1 atom stereocenters. The number of rotatable bonds is 8. The molecule has 1 aromatic carbocycles.